The first-order chi connectivity index (χ1) is 11.9. The summed E-state index contributed by atoms with van der Waals surface area (Å²) in [7, 11) is 0. The lowest BCUT2D eigenvalue weighted by Crippen LogP contribution is -2.49. The normalized spacial score (nSPS) is 11.9. The van der Waals surface area contributed by atoms with Crippen LogP contribution in [0.5, 0.6) is 0 Å². The largest absolute Gasteiger partial charge is 0.350 e. The van der Waals surface area contributed by atoms with E-state index in [2.05, 4.69) is 26.6 Å². The van der Waals surface area contributed by atoms with Gasteiger partial charge >= 0.3 is 0 Å². The van der Waals surface area contributed by atoms with Crippen LogP contribution >= 0.6 is 15.9 Å². The van der Waals surface area contributed by atoms with E-state index in [-0.39, 0.29) is 17.7 Å². The lowest BCUT2D eigenvalue weighted by Gasteiger charge is -2.22. The van der Waals surface area contributed by atoms with E-state index >= 15 is 0 Å². The maximum atomic E-state index is 12.5. The van der Waals surface area contributed by atoms with Gasteiger partial charge in [-0.25, -0.2) is 0 Å². The van der Waals surface area contributed by atoms with Crippen LogP contribution in [0.2, 0.25) is 0 Å². The summed E-state index contributed by atoms with van der Waals surface area (Å²) in [6.45, 7) is 6.29. The van der Waals surface area contributed by atoms with Gasteiger partial charge in [-0.15, -0.1) is 0 Å². The minimum absolute atomic E-state index is 0.0237. The molecule has 0 radical (unpaired) electrons. The van der Waals surface area contributed by atoms with Gasteiger partial charge in [0.1, 0.15) is 6.04 Å². The number of amides is 2. The Hall–Kier alpha value is -2.14. The zero-order valence-electron chi connectivity index (χ0n) is 14.7. The second-order valence-corrected chi connectivity index (χ2v) is 7.23. The first-order valence-electron chi connectivity index (χ1n) is 8.27. The summed E-state index contributed by atoms with van der Waals surface area (Å²) in [5, 5.41) is 5.74. The van der Waals surface area contributed by atoms with E-state index < -0.39 is 6.04 Å². The molecule has 2 N–H and O–H groups in total. The quantitative estimate of drug-likeness (QED) is 0.770. The zero-order chi connectivity index (χ0) is 18.4. The van der Waals surface area contributed by atoms with Crippen molar-refractivity contribution in [3.63, 3.8) is 0 Å². The Morgan fingerprint density at radius 1 is 1.04 bits per heavy atom. The maximum absolute atomic E-state index is 12.5. The molecule has 0 heterocycles. The topological polar surface area (TPSA) is 58.2 Å². The maximum Gasteiger partial charge on any atom is 0.253 e. The molecule has 0 unspecified atom stereocenters. The first kappa shape index (κ1) is 19.2. The van der Waals surface area contributed by atoms with Crippen molar-refractivity contribution in [2.45, 2.75) is 33.4 Å². The van der Waals surface area contributed by atoms with E-state index in [9.17, 15) is 9.59 Å². The van der Waals surface area contributed by atoms with Gasteiger partial charge < -0.3 is 10.6 Å². The minimum atomic E-state index is -0.593. The smallest absolute Gasteiger partial charge is 0.253 e. The van der Waals surface area contributed by atoms with Gasteiger partial charge in [0.2, 0.25) is 5.91 Å². The van der Waals surface area contributed by atoms with Crippen molar-refractivity contribution in [3.05, 3.63) is 69.7 Å². The Kier molecular flexibility index (Phi) is 6.76. The molecule has 25 heavy (non-hydrogen) atoms. The van der Waals surface area contributed by atoms with Gasteiger partial charge in [-0.3, -0.25) is 9.59 Å². The van der Waals surface area contributed by atoms with E-state index in [1.807, 2.05) is 51.1 Å². The molecule has 0 bridgehead atoms. The minimum Gasteiger partial charge on any atom is -0.350 e. The molecule has 1 atom stereocenters. The Morgan fingerprint density at radius 2 is 1.68 bits per heavy atom. The summed E-state index contributed by atoms with van der Waals surface area (Å²) in [4.78, 5) is 25.0. The third kappa shape index (κ3) is 5.43. The van der Waals surface area contributed by atoms with Crippen molar-refractivity contribution in [1.82, 2.24) is 10.6 Å². The van der Waals surface area contributed by atoms with Crippen LogP contribution in [-0.2, 0) is 11.3 Å². The molecule has 0 aliphatic rings. The van der Waals surface area contributed by atoms with E-state index in [1.165, 1.54) is 5.56 Å². The fraction of sp³-hybridized carbons (Fsp3) is 0.300. The van der Waals surface area contributed by atoms with Crippen LogP contribution in [0.25, 0.3) is 0 Å². The van der Waals surface area contributed by atoms with E-state index in [0.717, 1.165) is 5.56 Å². The average Bonchev–Trinajstić information content (AvgIpc) is 2.58. The summed E-state index contributed by atoms with van der Waals surface area (Å²) in [6.07, 6.45) is 0. The van der Waals surface area contributed by atoms with Crippen molar-refractivity contribution in [2.24, 2.45) is 5.92 Å². The van der Waals surface area contributed by atoms with Crippen molar-refractivity contribution in [1.29, 1.82) is 0 Å². The second kappa shape index (κ2) is 8.81. The van der Waals surface area contributed by atoms with Gasteiger partial charge in [-0.05, 0) is 46.5 Å². The molecule has 0 saturated heterocycles. The monoisotopic (exact) mass is 402 g/mol. The Bertz CT molecular complexity index is 742. The molecule has 2 rings (SSSR count). The lowest BCUT2D eigenvalue weighted by molar-refractivity contribution is -0.124. The number of rotatable bonds is 6. The van der Waals surface area contributed by atoms with Crippen molar-refractivity contribution < 1.29 is 9.59 Å². The van der Waals surface area contributed by atoms with Gasteiger partial charge in [0, 0.05) is 11.0 Å². The van der Waals surface area contributed by atoms with Gasteiger partial charge in [0.15, 0.2) is 0 Å². The molecular formula is C20H23BrN2O2. The number of halogens is 1. The highest BCUT2D eigenvalue weighted by molar-refractivity contribution is 9.10. The number of aryl methyl sites for hydroxylation is 1. The molecule has 0 aliphatic carbocycles. The second-order valence-electron chi connectivity index (χ2n) is 6.38. The number of nitrogens with one attached hydrogen (secondary N) is 2. The fourth-order valence-electron chi connectivity index (χ4n) is 2.40. The Balaban J connectivity index is 2.01. The molecule has 5 heteroatoms. The third-order valence-corrected chi connectivity index (χ3v) is 4.63. The van der Waals surface area contributed by atoms with Crippen molar-refractivity contribution in [3.8, 4) is 0 Å². The predicted octanol–water partition coefficient (Wildman–Crippen LogP) is 3.83. The van der Waals surface area contributed by atoms with Gasteiger partial charge in [0.25, 0.3) is 5.91 Å². The standard InChI is InChI=1S/C20H23BrN2O2/c1-13(2)18(23-19(24)16-6-4-5-7-17(16)21)20(25)22-12-15-10-8-14(3)9-11-15/h4-11,13,18H,12H2,1-3H3,(H,22,25)(H,23,24)/t18-/m0/s1. The molecule has 0 fully saturated rings. The van der Waals surface area contributed by atoms with E-state index in [0.29, 0.717) is 16.6 Å². The molecule has 2 aromatic carbocycles. The molecule has 4 nitrogen and oxygen atoms in total. The SMILES string of the molecule is Cc1ccc(CNC(=O)[C@@H](NC(=O)c2ccccc2Br)C(C)C)cc1. The third-order valence-electron chi connectivity index (χ3n) is 3.94. The number of carbonyl (C=O) groups excluding carboxylic acids is 2. The molecule has 132 valence electrons. The highest BCUT2D eigenvalue weighted by Crippen LogP contribution is 2.16. The van der Waals surface area contributed by atoms with Crippen molar-refractivity contribution >= 4 is 27.7 Å². The molecule has 2 aromatic rings. The van der Waals surface area contributed by atoms with Gasteiger partial charge in [-0.2, -0.15) is 0 Å². The van der Waals surface area contributed by atoms with Crippen LogP contribution in [-0.4, -0.2) is 17.9 Å². The van der Waals surface area contributed by atoms with Crippen molar-refractivity contribution in [2.75, 3.05) is 0 Å². The summed E-state index contributed by atoms with van der Waals surface area (Å²) in [5.74, 6) is -0.475. The molecule has 0 spiro atoms. The molecular weight excluding hydrogens is 380 g/mol. The van der Waals surface area contributed by atoms with Gasteiger partial charge in [-0.1, -0.05) is 55.8 Å². The number of hydrogen-bond acceptors (Lipinski definition) is 2. The fourth-order valence-corrected chi connectivity index (χ4v) is 2.87. The van der Waals surface area contributed by atoms with E-state index in [4.69, 9.17) is 0 Å². The summed E-state index contributed by atoms with van der Waals surface area (Å²) < 4.78 is 0.704. The summed E-state index contributed by atoms with van der Waals surface area (Å²) in [6, 6.07) is 14.6. The highest BCUT2D eigenvalue weighted by atomic mass is 79.9. The average molecular weight is 403 g/mol. The molecule has 0 saturated carbocycles. The summed E-state index contributed by atoms with van der Waals surface area (Å²) in [5.41, 5.74) is 2.72. The van der Waals surface area contributed by atoms with Crippen LogP contribution in [0.3, 0.4) is 0 Å². The molecule has 0 aliphatic heterocycles. The van der Waals surface area contributed by atoms with Crippen LogP contribution in [0, 0.1) is 12.8 Å². The Morgan fingerprint density at radius 3 is 2.28 bits per heavy atom. The molecule has 0 aromatic heterocycles. The summed E-state index contributed by atoms with van der Waals surface area (Å²) >= 11 is 3.37. The van der Waals surface area contributed by atoms with Crippen LogP contribution < -0.4 is 10.6 Å². The number of hydrogen-bond donors (Lipinski definition) is 2. The lowest BCUT2D eigenvalue weighted by atomic mass is 10.0. The van der Waals surface area contributed by atoms with E-state index in [1.54, 1.807) is 18.2 Å². The van der Waals surface area contributed by atoms with Crippen LogP contribution in [0.1, 0.15) is 35.3 Å². The highest BCUT2D eigenvalue weighted by Gasteiger charge is 2.25. The number of carbonyl (C=O) groups is 2. The zero-order valence-corrected chi connectivity index (χ0v) is 16.3. The number of benzene rings is 2. The van der Waals surface area contributed by atoms with Gasteiger partial charge in [0.05, 0.1) is 5.56 Å². The van der Waals surface area contributed by atoms with Crippen LogP contribution in [0.15, 0.2) is 53.0 Å². The molecule has 2 amide bonds. The first-order valence-corrected chi connectivity index (χ1v) is 9.06. The Labute approximate surface area is 157 Å². The predicted molar refractivity (Wildman–Crippen MR) is 103 cm³/mol. The van der Waals surface area contributed by atoms with Crippen LogP contribution in [0.4, 0.5) is 0 Å².